The lowest BCUT2D eigenvalue weighted by Crippen LogP contribution is -1.95. The second kappa shape index (κ2) is 8.00. The van der Waals surface area contributed by atoms with E-state index in [9.17, 15) is 0 Å². The van der Waals surface area contributed by atoms with Crippen molar-refractivity contribution >= 4 is 11.6 Å². The fourth-order valence-electron chi connectivity index (χ4n) is 2.57. The first kappa shape index (κ1) is 16.6. The van der Waals surface area contributed by atoms with E-state index in [0.29, 0.717) is 18.1 Å². The highest BCUT2D eigenvalue weighted by atomic mass is 35.5. The molecule has 0 heterocycles. The Morgan fingerprint density at radius 1 is 0.833 bits per heavy atom. The van der Waals surface area contributed by atoms with Gasteiger partial charge in [0, 0.05) is 11.6 Å². The summed E-state index contributed by atoms with van der Waals surface area (Å²) in [6.07, 6.45) is 0.552. The summed E-state index contributed by atoms with van der Waals surface area (Å²) in [5, 5.41) is 9.83. The first-order valence-electron chi connectivity index (χ1n) is 7.93. The molecule has 0 aromatic heterocycles. The number of ether oxygens (including phenoxy) is 1. The van der Waals surface area contributed by atoms with Gasteiger partial charge in [0.25, 0.3) is 0 Å². The molecule has 3 aromatic carbocycles. The third-order valence-corrected chi connectivity index (χ3v) is 4.21. The van der Waals surface area contributed by atoms with Crippen LogP contribution in [0.3, 0.4) is 0 Å². The van der Waals surface area contributed by atoms with Crippen molar-refractivity contribution in [2.75, 3.05) is 6.61 Å². The molecule has 0 bridgehead atoms. The predicted molar refractivity (Wildman–Crippen MR) is 98.5 cm³/mol. The molecule has 0 amide bonds. The topological polar surface area (TPSA) is 29.5 Å². The van der Waals surface area contributed by atoms with Crippen LogP contribution in [0.25, 0.3) is 11.1 Å². The molecule has 0 aliphatic carbocycles. The van der Waals surface area contributed by atoms with Crippen molar-refractivity contribution in [3.8, 4) is 16.9 Å². The molecule has 3 aromatic rings. The Morgan fingerprint density at radius 2 is 1.62 bits per heavy atom. The van der Waals surface area contributed by atoms with Gasteiger partial charge in [0.2, 0.25) is 0 Å². The zero-order valence-corrected chi connectivity index (χ0v) is 14.0. The summed E-state index contributed by atoms with van der Waals surface area (Å²) in [6, 6.07) is 24.0. The lowest BCUT2D eigenvalue weighted by atomic mass is 10.0. The molecule has 122 valence electrons. The highest BCUT2D eigenvalue weighted by Gasteiger charge is 2.05. The normalized spacial score (nSPS) is 10.6. The molecule has 0 aliphatic rings. The number of benzene rings is 3. The first-order chi connectivity index (χ1) is 11.8. The Morgan fingerprint density at radius 3 is 2.42 bits per heavy atom. The molecular weight excluding hydrogens is 320 g/mol. The van der Waals surface area contributed by atoms with Gasteiger partial charge in [-0.15, -0.1) is 0 Å². The Kier molecular flexibility index (Phi) is 5.52. The molecule has 2 nitrogen and oxygen atoms in total. The molecule has 1 N–H and O–H groups in total. The third kappa shape index (κ3) is 4.16. The smallest absolute Gasteiger partial charge is 0.120 e. The number of aliphatic hydroxyl groups is 1. The number of hydrogen-bond acceptors (Lipinski definition) is 2. The van der Waals surface area contributed by atoms with Crippen LogP contribution in [0.4, 0.5) is 0 Å². The van der Waals surface area contributed by atoms with E-state index in [0.717, 1.165) is 28.0 Å². The summed E-state index contributed by atoms with van der Waals surface area (Å²) in [4.78, 5) is 0. The molecule has 24 heavy (non-hydrogen) atoms. The van der Waals surface area contributed by atoms with E-state index < -0.39 is 0 Å². The van der Waals surface area contributed by atoms with E-state index in [4.69, 9.17) is 21.4 Å². The van der Waals surface area contributed by atoms with Crippen LogP contribution >= 0.6 is 11.6 Å². The zero-order valence-electron chi connectivity index (χ0n) is 13.3. The lowest BCUT2D eigenvalue weighted by molar-refractivity contribution is 0.299. The van der Waals surface area contributed by atoms with Crippen LogP contribution in [0.15, 0.2) is 72.8 Å². The van der Waals surface area contributed by atoms with Gasteiger partial charge in [-0.3, -0.25) is 0 Å². The van der Waals surface area contributed by atoms with Gasteiger partial charge < -0.3 is 9.84 Å². The Hall–Kier alpha value is -2.29. The van der Waals surface area contributed by atoms with Crippen molar-refractivity contribution < 1.29 is 9.84 Å². The SMILES string of the molecule is OCCc1cc(-c2cccc(OCc3ccccc3)c2)ccc1Cl. The lowest BCUT2D eigenvalue weighted by Gasteiger charge is -2.10. The highest BCUT2D eigenvalue weighted by Crippen LogP contribution is 2.28. The van der Waals surface area contributed by atoms with Crippen LogP contribution in [0.2, 0.25) is 5.02 Å². The summed E-state index contributed by atoms with van der Waals surface area (Å²) in [6.45, 7) is 0.629. The van der Waals surface area contributed by atoms with Crippen molar-refractivity contribution in [3.63, 3.8) is 0 Å². The molecule has 0 atom stereocenters. The van der Waals surface area contributed by atoms with Gasteiger partial charge in [-0.05, 0) is 52.9 Å². The highest BCUT2D eigenvalue weighted by molar-refractivity contribution is 6.31. The van der Waals surface area contributed by atoms with E-state index in [1.807, 2.05) is 72.8 Å². The quantitative estimate of drug-likeness (QED) is 0.676. The summed E-state index contributed by atoms with van der Waals surface area (Å²) in [7, 11) is 0. The Labute approximate surface area is 147 Å². The monoisotopic (exact) mass is 338 g/mol. The van der Waals surface area contributed by atoms with Gasteiger partial charge in [0.05, 0.1) is 0 Å². The summed E-state index contributed by atoms with van der Waals surface area (Å²) in [5.74, 6) is 0.829. The van der Waals surface area contributed by atoms with E-state index in [2.05, 4.69) is 0 Å². The van der Waals surface area contributed by atoms with Gasteiger partial charge in [0.15, 0.2) is 0 Å². The number of halogens is 1. The van der Waals surface area contributed by atoms with Crippen LogP contribution in [-0.2, 0) is 13.0 Å². The van der Waals surface area contributed by atoms with Crippen molar-refractivity contribution in [2.45, 2.75) is 13.0 Å². The minimum Gasteiger partial charge on any atom is -0.489 e. The van der Waals surface area contributed by atoms with Crippen LogP contribution in [0, 0.1) is 0 Å². The summed E-state index contributed by atoms with van der Waals surface area (Å²) < 4.78 is 5.89. The molecule has 3 rings (SSSR count). The second-order valence-corrected chi connectivity index (χ2v) is 5.99. The minimum absolute atomic E-state index is 0.0867. The number of rotatable bonds is 6. The maximum Gasteiger partial charge on any atom is 0.120 e. The number of hydrogen-bond donors (Lipinski definition) is 1. The van der Waals surface area contributed by atoms with E-state index >= 15 is 0 Å². The minimum atomic E-state index is 0.0867. The van der Waals surface area contributed by atoms with Crippen molar-refractivity contribution in [1.29, 1.82) is 0 Å². The molecule has 0 saturated heterocycles. The van der Waals surface area contributed by atoms with Crippen molar-refractivity contribution in [3.05, 3.63) is 88.9 Å². The van der Waals surface area contributed by atoms with E-state index in [1.165, 1.54) is 0 Å². The maximum absolute atomic E-state index is 9.15. The molecule has 0 aliphatic heterocycles. The maximum atomic E-state index is 9.15. The van der Waals surface area contributed by atoms with E-state index in [1.54, 1.807) is 0 Å². The van der Waals surface area contributed by atoms with Crippen LogP contribution in [0.5, 0.6) is 5.75 Å². The standard InChI is InChI=1S/C21H19ClO2/c22-21-10-9-18(13-19(21)11-12-23)17-7-4-8-20(14-17)24-15-16-5-2-1-3-6-16/h1-10,13-14,23H,11-12,15H2. The van der Waals surface area contributed by atoms with Gasteiger partial charge in [0.1, 0.15) is 12.4 Å². The van der Waals surface area contributed by atoms with Gasteiger partial charge in [-0.25, -0.2) is 0 Å². The largest absolute Gasteiger partial charge is 0.489 e. The molecule has 3 heteroatoms. The van der Waals surface area contributed by atoms with Crippen LogP contribution < -0.4 is 4.74 Å². The van der Waals surface area contributed by atoms with Gasteiger partial charge in [-0.1, -0.05) is 60.1 Å². The summed E-state index contributed by atoms with van der Waals surface area (Å²) in [5.41, 5.74) is 4.22. The molecular formula is C21H19ClO2. The number of aliphatic hydroxyl groups excluding tert-OH is 1. The Balaban J connectivity index is 1.79. The zero-order chi connectivity index (χ0) is 16.8. The van der Waals surface area contributed by atoms with Crippen molar-refractivity contribution in [2.24, 2.45) is 0 Å². The van der Waals surface area contributed by atoms with Gasteiger partial charge in [-0.2, -0.15) is 0 Å². The molecule has 0 unspecified atom stereocenters. The Bertz CT molecular complexity index is 800. The van der Waals surface area contributed by atoms with Crippen LogP contribution in [-0.4, -0.2) is 11.7 Å². The third-order valence-electron chi connectivity index (χ3n) is 3.84. The average Bonchev–Trinajstić information content (AvgIpc) is 2.63. The fourth-order valence-corrected chi connectivity index (χ4v) is 2.78. The van der Waals surface area contributed by atoms with Crippen molar-refractivity contribution in [1.82, 2.24) is 0 Å². The molecule has 0 fully saturated rings. The molecule has 0 spiro atoms. The predicted octanol–water partition coefficient (Wildman–Crippen LogP) is 5.12. The molecule has 0 radical (unpaired) electrons. The second-order valence-electron chi connectivity index (χ2n) is 5.58. The average molecular weight is 339 g/mol. The fraction of sp³-hybridized carbons (Fsp3) is 0.143. The van der Waals surface area contributed by atoms with E-state index in [-0.39, 0.29) is 6.61 Å². The summed E-state index contributed by atoms with van der Waals surface area (Å²) >= 11 is 6.18. The molecule has 0 saturated carbocycles. The van der Waals surface area contributed by atoms with Crippen LogP contribution in [0.1, 0.15) is 11.1 Å². The van der Waals surface area contributed by atoms with Gasteiger partial charge >= 0.3 is 0 Å². The first-order valence-corrected chi connectivity index (χ1v) is 8.30.